The van der Waals surface area contributed by atoms with E-state index in [4.69, 9.17) is 4.74 Å². The summed E-state index contributed by atoms with van der Waals surface area (Å²) in [5, 5.41) is 0. The van der Waals surface area contributed by atoms with E-state index in [1.165, 1.54) is 18.5 Å². The molecule has 4 aromatic rings. The molecule has 0 fully saturated rings. The predicted molar refractivity (Wildman–Crippen MR) is 96.8 cm³/mol. The van der Waals surface area contributed by atoms with Crippen molar-refractivity contribution in [3.63, 3.8) is 0 Å². The van der Waals surface area contributed by atoms with Crippen LogP contribution in [0.1, 0.15) is 17.6 Å². The number of nitrogens with zero attached hydrogens (tertiary/aromatic N) is 4. The second-order valence-corrected chi connectivity index (χ2v) is 5.89. The van der Waals surface area contributed by atoms with E-state index < -0.39 is 6.43 Å². The largest absolute Gasteiger partial charge is 0.438 e. The van der Waals surface area contributed by atoms with E-state index in [2.05, 4.69) is 19.9 Å². The minimum atomic E-state index is -2.53. The molecule has 0 unspecified atom stereocenters. The molecule has 0 spiro atoms. The Morgan fingerprint density at radius 1 is 0.963 bits per heavy atom. The number of benzene rings is 2. The van der Waals surface area contributed by atoms with Gasteiger partial charge in [0.15, 0.2) is 0 Å². The van der Waals surface area contributed by atoms with Crippen LogP contribution in [-0.2, 0) is 0 Å². The van der Waals surface area contributed by atoms with E-state index in [1.807, 2.05) is 18.2 Å². The monoisotopic (exact) mass is 364 g/mol. The Morgan fingerprint density at radius 3 is 2.63 bits per heavy atom. The lowest BCUT2D eigenvalue weighted by Crippen LogP contribution is -1.96. The normalized spacial score (nSPS) is 11.1. The number of rotatable bonds is 4. The Labute approximate surface area is 153 Å². The molecule has 2 heterocycles. The zero-order chi connectivity index (χ0) is 18.8. The van der Waals surface area contributed by atoms with Gasteiger partial charge in [-0.15, -0.1) is 0 Å². The van der Waals surface area contributed by atoms with Crippen molar-refractivity contribution in [3.05, 3.63) is 72.4 Å². The van der Waals surface area contributed by atoms with Crippen molar-refractivity contribution in [1.29, 1.82) is 0 Å². The van der Waals surface area contributed by atoms with Gasteiger partial charge in [0.05, 0.1) is 16.6 Å². The summed E-state index contributed by atoms with van der Waals surface area (Å²) >= 11 is 0. The molecular formula is C20H14F2N4O. The van der Waals surface area contributed by atoms with Crippen molar-refractivity contribution in [2.45, 2.75) is 13.3 Å². The average molecular weight is 364 g/mol. The second kappa shape index (κ2) is 7.03. The van der Waals surface area contributed by atoms with Gasteiger partial charge in [0, 0.05) is 29.7 Å². The summed E-state index contributed by atoms with van der Waals surface area (Å²) in [6.45, 7) is 1.62. The number of hydrogen-bond acceptors (Lipinski definition) is 5. The smallest absolute Gasteiger partial charge is 0.264 e. The number of alkyl halides is 2. The maximum atomic E-state index is 12.9. The molecule has 27 heavy (non-hydrogen) atoms. The predicted octanol–water partition coefficient (Wildman–Crippen LogP) is 5.13. The summed E-state index contributed by atoms with van der Waals surface area (Å²) in [5.74, 6) is 0.732. The van der Waals surface area contributed by atoms with Gasteiger partial charge in [-0.05, 0) is 36.8 Å². The van der Waals surface area contributed by atoms with Crippen molar-refractivity contribution in [2.24, 2.45) is 0 Å². The first-order valence-corrected chi connectivity index (χ1v) is 8.20. The zero-order valence-electron chi connectivity index (χ0n) is 14.3. The van der Waals surface area contributed by atoms with Crippen LogP contribution in [0, 0.1) is 6.92 Å². The Bertz CT molecular complexity index is 1110. The van der Waals surface area contributed by atoms with Gasteiger partial charge >= 0.3 is 0 Å². The number of halogens is 2. The minimum Gasteiger partial charge on any atom is -0.438 e. The van der Waals surface area contributed by atoms with Crippen LogP contribution in [0.3, 0.4) is 0 Å². The lowest BCUT2D eigenvalue weighted by atomic mass is 10.1. The van der Waals surface area contributed by atoms with Gasteiger partial charge in [-0.2, -0.15) is 0 Å². The van der Waals surface area contributed by atoms with E-state index in [1.54, 1.807) is 31.6 Å². The van der Waals surface area contributed by atoms with Gasteiger partial charge in [-0.1, -0.05) is 12.1 Å². The highest BCUT2D eigenvalue weighted by Crippen LogP contribution is 2.35. The molecule has 134 valence electrons. The van der Waals surface area contributed by atoms with Crippen molar-refractivity contribution in [2.75, 3.05) is 0 Å². The summed E-state index contributed by atoms with van der Waals surface area (Å²) in [7, 11) is 0. The molecule has 5 nitrogen and oxygen atoms in total. The van der Waals surface area contributed by atoms with Crippen molar-refractivity contribution in [3.8, 4) is 22.8 Å². The van der Waals surface area contributed by atoms with Crippen LogP contribution in [-0.4, -0.2) is 19.9 Å². The molecule has 2 aromatic heterocycles. The Balaban J connectivity index is 1.77. The lowest BCUT2D eigenvalue weighted by molar-refractivity contribution is 0.150. The van der Waals surface area contributed by atoms with Crippen LogP contribution in [0.4, 0.5) is 8.78 Å². The third-order valence-electron chi connectivity index (χ3n) is 4.16. The van der Waals surface area contributed by atoms with Gasteiger partial charge in [0.2, 0.25) is 5.88 Å². The minimum absolute atomic E-state index is 0.0189. The fourth-order valence-corrected chi connectivity index (χ4v) is 2.86. The Kier molecular flexibility index (Phi) is 4.42. The maximum absolute atomic E-state index is 12.9. The molecule has 2 aromatic carbocycles. The SMILES string of the molecule is Cc1cc(Oc2ncncc2-c2cccc3nccnc23)ccc1C(F)F. The molecule has 0 saturated heterocycles. The van der Waals surface area contributed by atoms with Gasteiger partial charge in [0.25, 0.3) is 6.43 Å². The topological polar surface area (TPSA) is 60.8 Å². The van der Waals surface area contributed by atoms with Crippen LogP contribution in [0.15, 0.2) is 61.3 Å². The fourth-order valence-electron chi connectivity index (χ4n) is 2.86. The molecule has 0 atom stereocenters. The van der Waals surface area contributed by atoms with Crippen molar-refractivity contribution in [1.82, 2.24) is 19.9 Å². The van der Waals surface area contributed by atoms with E-state index in [9.17, 15) is 8.78 Å². The molecular weight excluding hydrogens is 350 g/mol. The third kappa shape index (κ3) is 3.31. The zero-order valence-corrected chi connectivity index (χ0v) is 14.3. The molecule has 0 bridgehead atoms. The van der Waals surface area contributed by atoms with E-state index in [0.717, 1.165) is 11.1 Å². The van der Waals surface area contributed by atoms with Crippen molar-refractivity contribution < 1.29 is 13.5 Å². The second-order valence-electron chi connectivity index (χ2n) is 5.89. The molecule has 0 amide bonds. The van der Waals surface area contributed by atoms with Gasteiger partial charge in [-0.3, -0.25) is 9.97 Å². The first-order chi connectivity index (χ1) is 13.1. The third-order valence-corrected chi connectivity index (χ3v) is 4.16. The molecule has 7 heteroatoms. The highest BCUT2D eigenvalue weighted by molar-refractivity contribution is 5.92. The summed E-state index contributed by atoms with van der Waals surface area (Å²) in [6.07, 6.45) is 3.71. The fraction of sp³-hybridized carbons (Fsp3) is 0.100. The quantitative estimate of drug-likeness (QED) is 0.503. The summed E-state index contributed by atoms with van der Waals surface area (Å²) in [4.78, 5) is 17.0. The molecule has 0 radical (unpaired) electrons. The number of para-hydroxylation sites is 1. The molecule has 0 aliphatic rings. The average Bonchev–Trinajstić information content (AvgIpc) is 2.68. The van der Waals surface area contributed by atoms with Gasteiger partial charge in [-0.25, -0.2) is 18.7 Å². The Morgan fingerprint density at radius 2 is 1.81 bits per heavy atom. The summed E-state index contributed by atoms with van der Waals surface area (Å²) < 4.78 is 31.8. The molecule has 0 N–H and O–H groups in total. The first kappa shape index (κ1) is 17.0. The lowest BCUT2D eigenvalue weighted by Gasteiger charge is -2.12. The van der Waals surface area contributed by atoms with Crippen LogP contribution < -0.4 is 4.74 Å². The molecule has 0 aliphatic heterocycles. The molecule has 4 rings (SSSR count). The van der Waals surface area contributed by atoms with Gasteiger partial charge < -0.3 is 4.74 Å². The van der Waals surface area contributed by atoms with E-state index in [0.29, 0.717) is 28.3 Å². The van der Waals surface area contributed by atoms with Crippen molar-refractivity contribution >= 4 is 11.0 Å². The number of aromatic nitrogens is 4. The number of fused-ring (bicyclic) bond motifs is 1. The van der Waals surface area contributed by atoms with Crippen LogP contribution in [0.2, 0.25) is 0 Å². The van der Waals surface area contributed by atoms with Gasteiger partial charge in [0.1, 0.15) is 12.1 Å². The Hall–Kier alpha value is -3.48. The standard InChI is InChI=1S/C20H14F2N4O/c1-12-9-13(5-6-14(12)19(21)22)27-20-16(10-23-11-26-20)15-3-2-4-17-18(15)25-8-7-24-17/h2-11,19H,1H3. The number of aryl methyl sites for hydroxylation is 1. The van der Waals surface area contributed by atoms with Crippen LogP contribution in [0.25, 0.3) is 22.2 Å². The number of hydrogen-bond donors (Lipinski definition) is 0. The van der Waals surface area contributed by atoms with E-state index in [-0.39, 0.29) is 5.56 Å². The highest BCUT2D eigenvalue weighted by Gasteiger charge is 2.15. The summed E-state index contributed by atoms with van der Waals surface area (Å²) in [5.41, 5.74) is 3.28. The molecule has 0 aliphatic carbocycles. The molecule has 0 saturated carbocycles. The summed E-state index contributed by atoms with van der Waals surface area (Å²) in [6, 6.07) is 10.0. The maximum Gasteiger partial charge on any atom is 0.264 e. The number of ether oxygens (including phenoxy) is 1. The van der Waals surface area contributed by atoms with Crippen LogP contribution in [0.5, 0.6) is 11.6 Å². The first-order valence-electron chi connectivity index (χ1n) is 8.20. The van der Waals surface area contributed by atoms with E-state index >= 15 is 0 Å². The van der Waals surface area contributed by atoms with Crippen LogP contribution >= 0.6 is 0 Å². The highest BCUT2D eigenvalue weighted by atomic mass is 19.3.